The number of fused-ring (bicyclic) bond motifs is 1. The molecule has 0 saturated carbocycles. The number of halogens is 3. The van der Waals surface area contributed by atoms with Gasteiger partial charge < -0.3 is 9.80 Å². The molecule has 2 aliphatic rings. The normalized spacial score (nSPS) is 19.4. The van der Waals surface area contributed by atoms with E-state index >= 15 is 0 Å². The Bertz CT molecular complexity index is 1240. The second-order valence-corrected chi connectivity index (χ2v) is 10.2. The lowest BCUT2D eigenvalue weighted by molar-refractivity contribution is -0.137. The summed E-state index contributed by atoms with van der Waals surface area (Å²) in [6.45, 7) is 6.62. The largest absolute Gasteiger partial charge is 0.418 e. The number of hydrogen-bond donors (Lipinski definition) is 2. The average Bonchev–Trinajstić information content (AvgIpc) is 2.88. The fraction of sp³-hybridized carbons (Fsp3) is 0.500. The van der Waals surface area contributed by atoms with E-state index in [1.165, 1.54) is 16.7 Å². The number of alkyl halides is 3. The predicted octanol–water partition coefficient (Wildman–Crippen LogP) is 4.31. The third-order valence-corrected chi connectivity index (χ3v) is 7.15. The van der Waals surface area contributed by atoms with E-state index in [9.17, 15) is 18.0 Å². The van der Waals surface area contributed by atoms with Gasteiger partial charge in [-0.1, -0.05) is 19.9 Å². The summed E-state index contributed by atoms with van der Waals surface area (Å²) >= 11 is 0. The smallest absolute Gasteiger partial charge is 0.371 e. The molecule has 0 amide bonds. The van der Waals surface area contributed by atoms with Gasteiger partial charge in [-0.05, 0) is 57.6 Å². The van der Waals surface area contributed by atoms with Gasteiger partial charge in [0.25, 0.3) is 5.56 Å². The van der Waals surface area contributed by atoms with Crippen LogP contribution in [0.2, 0.25) is 0 Å². The van der Waals surface area contributed by atoms with E-state index in [2.05, 4.69) is 20.7 Å². The van der Waals surface area contributed by atoms with E-state index < -0.39 is 11.7 Å². The van der Waals surface area contributed by atoms with Crippen molar-refractivity contribution in [1.82, 2.24) is 20.3 Å². The van der Waals surface area contributed by atoms with E-state index in [0.717, 1.165) is 49.7 Å². The number of rotatable bonds is 8. The van der Waals surface area contributed by atoms with Crippen LogP contribution in [0.5, 0.6) is 0 Å². The van der Waals surface area contributed by atoms with E-state index in [1.54, 1.807) is 23.2 Å². The number of nitrogens with one attached hydrogen (secondary N) is 2. The summed E-state index contributed by atoms with van der Waals surface area (Å²) < 4.78 is 44.5. The molecule has 206 valence electrons. The van der Waals surface area contributed by atoms with Crippen LogP contribution in [0, 0.1) is 0 Å². The SMILES string of the molecule is CC/C=C1/N=Cc2ccc(=O)n(-c3ccc(N4CCC(NNCCN(C)C)CC4)c(C(F)(F)F)c3)c2C1C. The van der Waals surface area contributed by atoms with E-state index in [-0.39, 0.29) is 28.9 Å². The summed E-state index contributed by atoms with van der Waals surface area (Å²) in [4.78, 5) is 21.4. The summed E-state index contributed by atoms with van der Waals surface area (Å²) in [6, 6.07) is 7.52. The molecule has 0 bridgehead atoms. The van der Waals surface area contributed by atoms with Crippen molar-refractivity contribution >= 4 is 11.9 Å². The van der Waals surface area contributed by atoms with Crippen LogP contribution in [0.1, 0.15) is 55.8 Å². The van der Waals surface area contributed by atoms with Gasteiger partial charge in [-0.2, -0.15) is 13.2 Å². The maximum atomic E-state index is 14.4. The molecule has 1 unspecified atom stereocenters. The second-order valence-electron chi connectivity index (χ2n) is 10.2. The Kier molecular flexibility index (Phi) is 8.74. The molecule has 1 saturated heterocycles. The lowest BCUT2D eigenvalue weighted by Gasteiger charge is -2.35. The molecule has 1 aromatic carbocycles. The molecule has 10 heteroatoms. The molecule has 2 N–H and O–H groups in total. The fourth-order valence-electron chi connectivity index (χ4n) is 5.15. The fourth-order valence-corrected chi connectivity index (χ4v) is 5.15. The zero-order valence-corrected chi connectivity index (χ0v) is 22.5. The van der Waals surface area contributed by atoms with Crippen LogP contribution in [-0.2, 0) is 6.18 Å². The van der Waals surface area contributed by atoms with Crippen LogP contribution in [-0.4, -0.2) is 62.0 Å². The first-order valence-corrected chi connectivity index (χ1v) is 13.2. The highest BCUT2D eigenvalue weighted by molar-refractivity contribution is 5.84. The number of hydrazine groups is 1. The van der Waals surface area contributed by atoms with Crippen LogP contribution in [0.3, 0.4) is 0 Å². The van der Waals surface area contributed by atoms with Crippen LogP contribution in [0.15, 0.2) is 51.9 Å². The number of pyridine rings is 1. The van der Waals surface area contributed by atoms with E-state index in [0.29, 0.717) is 18.8 Å². The first kappa shape index (κ1) is 28.1. The van der Waals surface area contributed by atoms with Crippen LogP contribution >= 0.6 is 0 Å². The van der Waals surface area contributed by atoms with Gasteiger partial charge >= 0.3 is 6.18 Å². The Morgan fingerprint density at radius 1 is 1.16 bits per heavy atom. The number of piperidine rings is 1. The van der Waals surface area contributed by atoms with Crippen molar-refractivity contribution < 1.29 is 13.2 Å². The molecule has 0 spiro atoms. The Labute approximate surface area is 222 Å². The summed E-state index contributed by atoms with van der Waals surface area (Å²) in [6.07, 6.45) is 1.32. The summed E-state index contributed by atoms with van der Waals surface area (Å²) in [5.74, 6) is -0.226. The van der Waals surface area contributed by atoms with Gasteiger partial charge in [-0.3, -0.25) is 25.2 Å². The molecule has 4 rings (SSSR count). The Balaban J connectivity index is 1.62. The molecule has 0 radical (unpaired) electrons. The third-order valence-electron chi connectivity index (χ3n) is 7.15. The number of allylic oxidation sites excluding steroid dienone is 2. The summed E-state index contributed by atoms with van der Waals surface area (Å²) in [5.41, 5.74) is 7.97. The first-order valence-electron chi connectivity index (χ1n) is 13.2. The summed E-state index contributed by atoms with van der Waals surface area (Å²) in [5, 5.41) is 0. The van der Waals surface area contributed by atoms with Gasteiger partial charge in [0.15, 0.2) is 0 Å². The number of benzene rings is 1. The maximum Gasteiger partial charge on any atom is 0.418 e. The zero-order chi connectivity index (χ0) is 27.4. The van der Waals surface area contributed by atoms with Crippen LogP contribution in [0.4, 0.5) is 18.9 Å². The molecule has 1 fully saturated rings. The molecule has 2 aromatic rings. The van der Waals surface area contributed by atoms with Crippen molar-refractivity contribution in [2.45, 2.75) is 51.2 Å². The monoisotopic (exact) mass is 530 g/mol. The van der Waals surface area contributed by atoms with Crippen molar-refractivity contribution in [1.29, 1.82) is 0 Å². The molecule has 2 aliphatic heterocycles. The first-order chi connectivity index (χ1) is 18.1. The Morgan fingerprint density at radius 2 is 1.89 bits per heavy atom. The van der Waals surface area contributed by atoms with Gasteiger partial charge in [-0.25, -0.2) is 0 Å². The van der Waals surface area contributed by atoms with Crippen LogP contribution in [0.25, 0.3) is 5.69 Å². The predicted molar refractivity (Wildman–Crippen MR) is 146 cm³/mol. The second kappa shape index (κ2) is 11.8. The molecule has 38 heavy (non-hydrogen) atoms. The number of aliphatic imine (C=N–C) groups is 1. The standard InChI is InChI=1S/C28H37F3N6O/c1-5-6-24-19(2)27-20(18-32-24)7-10-26(38)37(27)22-8-9-25(23(17-22)28(29,30)31)36-14-11-21(12-15-36)34-33-13-16-35(3)4/h6-10,17-19,21,33-34H,5,11-16H2,1-4H3/b24-6+. The Morgan fingerprint density at radius 3 is 2.55 bits per heavy atom. The lowest BCUT2D eigenvalue weighted by atomic mass is 9.94. The number of hydrogen-bond acceptors (Lipinski definition) is 6. The highest BCUT2D eigenvalue weighted by atomic mass is 19.4. The Hall–Kier alpha value is -2.95. The molecular formula is C28H37F3N6O. The highest BCUT2D eigenvalue weighted by Crippen LogP contribution is 2.40. The minimum Gasteiger partial charge on any atom is -0.371 e. The van der Waals surface area contributed by atoms with Crippen molar-refractivity contribution in [2.24, 2.45) is 4.99 Å². The summed E-state index contributed by atoms with van der Waals surface area (Å²) in [7, 11) is 4.00. The minimum absolute atomic E-state index is 0.152. The number of nitrogens with zero attached hydrogens (tertiary/aromatic N) is 4. The minimum atomic E-state index is -4.56. The number of anilines is 1. The third kappa shape index (κ3) is 6.19. The quantitative estimate of drug-likeness (QED) is 0.394. The number of aromatic nitrogens is 1. The van der Waals surface area contributed by atoms with Gasteiger partial charge in [0.2, 0.25) is 0 Å². The number of likely N-dealkylation sites (N-methyl/N-ethyl adjacent to an activating group) is 1. The van der Waals surface area contributed by atoms with Crippen molar-refractivity contribution in [3.8, 4) is 5.69 Å². The van der Waals surface area contributed by atoms with Crippen molar-refractivity contribution in [2.75, 3.05) is 45.2 Å². The maximum absolute atomic E-state index is 14.4. The van der Waals surface area contributed by atoms with Gasteiger partial charge in [0, 0.05) is 78.7 Å². The lowest BCUT2D eigenvalue weighted by Crippen LogP contribution is -2.49. The van der Waals surface area contributed by atoms with Crippen molar-refractivity contribution in [3.63, 3.8) is 0 Å². The molecule has 7 nitrogen and oxygen atoms in total. The van der Waals surface area contributed by atoms with Gasteiger partial charge in [0.05, 0.1) is 5.56 Å². The molecular weight excluding hydrogens is 493 g/mol. The van der Waals surface area contributed by atoms with E-state index in [4.69, 9.17) is 0 Å². The van der Waals surface area contributed by atoms with Gasteiger partial charge in [0.1, 0.15) is 0 Å². The molecule has 1 atom stereocenters. The molecule has 3 heterocycles. The molecule has 1 aromatic heterocycles. The van der Waals surface area contributed by atoms with Gasteiger partial charge in [-0.15, -0.1) is 0 Å². The topological polar surface area (TPSA) is 64.9 Å². The zero-order valence-electron chi connectivity index (χ0n) is 22.5. The van der Waals surface area contributed by atoms with E-state index in [1.807, 2.05) is 34.0 Å². The van der Waals surface area contributed by atoms with Crippen molar-refractivity contribution in [3.05, 3.63) is 69.3 Å². The molecule has 0 aliphatic carbocycles. The highest BCUT2D eigenvalue weighted by Gasteiger charge is 2.36. The van der Waals surface area contributed by atoms with Crippen LogP contribution < -0.4 is 21.3 Å². The average molecular weight is 531 g/mol.